The van der Waals surface area contributed by atoms with Gasteiger partial charge in [0, 0.05) is 7.11 Å². The van der Waals surface area contributed by atoms with Gasteiger partial charge < -0.3 is 9.84 Å². The van der Waals surface area contributed by atoms with Crippen molar-refractivity contribution >= 4 is 5.97 Å². The molecular weight excluding hydrogens is 300 g/mol. The molecule has 0 heterocycles. The van der Waals surface area contributed by atoms with E-state index < -0.39 is 12.1 Å². The number of rotatable bonds is 16. The molecule has 0 amide bonds. The van der Waals surface area contributed by atoms with Crippen LogP contribution in [0.15, 0.2) is 36.5 Å². The predicted molar refractivity (Wildman–Crippen MR) is 102 cm³/mol. The smallest absolute Gasteiger partial charge is 0.332 e. The SMILES string of the molecule is CCC=CCC=CCC=CCCCCCCCCC(OC)C(=O)O. The van der Waals surface area contributed by atoms with Gasteiger partial charge in [-0.1, -0.05) is 75.5 Å². The van der Waals surface area contributed by atoms with Crippen molar-refractivity contribution in [3.8, 4) is 0 Å². The third kappa shape index (κ3) is 15.5. The number of carboxylic acid groups (broad SMARTS) is 1. The molecule has 0 aromatic carbocycles. The van der Waals surface area contributed by atoms with Gasteiger partial charge in [-0.15, -0.1) is 0 Å². The monoisotopic (exact) mass is 336 g/mol. The Balaban J connectivity index is 3.34. The maximum absolute atomic E-state index is 10.8. The van der Waals surface area contributed by atoms with Crippen molar-refractivity contribution in [2.24, 2.45) is 0 Å². The number of unbranched alkanes of at least 4 members (excludes halogenated alkanes) is 6. The normalized spacial score (nSPS) is 13.4. The zero-order valence-electron chi connectivity index (χ0n) is 15.6. The average molecular weight is 337 g/mol. The van der Waals surface area contributed by atoms with Crippen LogP contribution in [0.2, 0.25) is 0 Å². The van der Waals surface area contributed by atoms with Gasteiger partial charge in [-0.2, -0.15) is 0 Å². The Labute approximate surface area is 148 Å². The molecule has 1 atom stereocenters. The first-order chi connectivity index (χ1) is 11.7. The van der Waals surface area contributed by atoms with E-state index in [0.717, 1.165) is 38.5 Å². The lowest BCUT2D eigenvalue weighted by Gasteiger charge is -2.09. The second kappa shape index (κ2) is 18.0. The van der Waals surface area contributed by atoms with Crippen LogP contribution in [0.1, 0.15) is 77.6 Å². The van der Waals surface area contributed by atoms with E-state index in [4.69, 9.17) is 9.84 Å². The lowest BCUT2D eigenvalue weighted by Crippen LogP contribution is -2.21. The van der Waals surface area contributed by atoms with E-state index in [1.54, 1.807) is 0 Å². The summed E-state index contributed by atoms with van der Waals surface area (Å²) in [7, 11) is 1.46. The zero-order chi connectivity index (χ0) is 17.9. The van der Waals surface area contributed by atoms with Crippen molar-refractivity contribution in [1.29, 1.82) is 0 Å². The molecule has 0 radical (unpaired) electrons. The number of methoxy groups -OCH3 is 1. The van der Waals surface area contributed by atoms with E-state index in [0.29, 0.717) is 6.42 Å². The van der Waals surface area contributed by atoms with Crippen LogP contribution in [0, 0.1) is 0 Å². The largest absolute Gasteiger partial charge is 0.479 e. The van der Waals surface area contributed by atoms with Crippen LogP contribution in [0.5, 0.6) is 0 Å². The van der Waals surface area contributed by atoms with Gasteiger partial charge >= 0.3 is 5.97 Å². The van der Waals surface area contributed by atoms with Gasteiger partial charge in [0.25, 0.3) is 0 Å². The molecule has 0 aromatic heterocycles. The van der Waals surface area contributed by atoms with E-state index in [1.165, 1.54) is 32.8 Å². The highest BCUT2D eigenvalue weighted by molar-refractivity contribution is 5.72. The molecule has 3 heteroatoms. The van der Waals surface area contributed by atoms with E-state index in [-0.39, 0.29) is 0 Å². The van der Waals surface area contributed by atoms with Crippen LogP contribution in [0.4, 0.5) is 0 Å². The summed E-state index contributed by atoms with van der Waals surface area (Å²) in [4.78, 5) is 10.8. The molecule has 0 aromatic rings. The van der Waals surface area contributed by atoms with Crippen molar-refractivity contribution in [2.75, 3.05) is 7.11 Å². The van der Waals surface area contributed by atoms with Gasteiger partial charge in [0.05, 0.1) is 0 Å². The van der Waals surface area contributed by atoms with Crippen LogP contribution >= 0.6 is 0 Å². The summed E-state index contributed by atoms with van der Waals surface area (Å²) in [5, 5.41) is 8.86. The first-order valence-corrected chi connectivity index (χ1v) is 9.43. The number of hydrogen-bond acceptors (Lipinski definition) is 2. The van der Waals surface area contributed by atoms with E-state index in [2.05, 4.69) is 43.4 Å². The second-order valence-electron chi connectivity index (χ2n) is 6.06. The fraction of sp³-hybridized carbons (Fsp3) is 0.667. The van der Waals surface area contributed by atoms with Crippen LogP contribution < -0.4 is 0 Å². The van der Waals surface area contributed by atoms with Gasteiger partial charge in [-0.05, 0) is 38.5 Å². The van der Waals surface area contributed by atoms with Crippen molar-refractivity contribution in [1.82, 2.24) is 0 Å². The molecule has 1 unspecified atom stereocenters. The summed E-state index contributed by atoms with van der Waals surface area (Å²) in [6.07, 6.45) is 24.7. The highest BCUT2D eigenvalue weighted by Gasteiger charge is 2.14. The summed E-state index contributed by atoms with van der Waals surface area (Å²) in [5.74, 6) is -0.850. The molecule has 0 rings (SSSR count). The Morgan fingerprint density at radius 2 is 1.42 bits per heavy atom. The first-order valence-electron chi connectivity index (χ1n) is 9.43. The summed E-state index contributed by atoms with van der Waals surface area (Å²) < 4.78 is 4.92. The van der Waals surface area contributed by atoms with Gasteiger partial charge in [0.15, 0.2) is 6.10 Å². The van der Waals surface area contributed by atoms with Gasteiger partial charge in [0.1, 0.15) is 0 Å². The maximum atomic E-state index is 10.8. The van der Waals surface area contributed by atoms with Crippen LogP contribution in [0.25, 0.3) is 0 Å². The van der Waals surface area contributed by atoms with Crippen LogP contribution in [-0.4, -0.2) is 24.3 Å². The molecule has 0 spiro atoms. The first kappa shape index (κ1) is 22.6. The average Bonchev–Trinajstić information content (AvgIpc) is 2.57. The number of aliphatic carboxylic acids is 1. The van der Waals surface area contributed by atoms with Gasteiger partial charge in [0.2, 0.25) is 0 Å². The Bertz CT molecular complexity index is 369. The number of carbonyl (C=O) groups is 1. The third-order valence-electron chi connectivity index (χ3n) is 3.93. The van der Waals surface area contributed by atoms with E-state index >= 15 is 0 Å². The molecule has 1 N–H and O–H groups in total. The van der Waals surface area contributed by atoms with Gasteiger partial charge in [-0.25, -0.2) is 4.79 Å². The summed E-state index contributed by atoms with van der Waals surface area (Å²) >= 11 is 0. The molecule has 0 aliphatic heterocycles. The quantitative estimate of drug-likeness (QED) is 0.275. The molecule has 0 saturated heterocycles. The highest BCUT2D eigenvalue weighted by atomic mass is 16.5. The Kier molecular flexibility index (Phi) is 17.0. The molecule has 0 aliphatic carbocycles. The van der Waals surface area contributed by atoms with Gasteiger partial charge in [-0.3, -0.25) is 0 Å². The number of carboxylic acids is 1. The molecule has 0 saturated carbocycles. The Hall–Kier alpha value is -1.35. The van der Waals surface area contributed by atoms with Crippen molar-refractivity contribution in [3.05, 3.63) is 36.5 Å². The minimum absolute atomic E-state index is 0.621. The van der Waals surface area contributed by atoms with E-state index in [1.807, 2.05) is 0 Å². The molecular formula is C21H36O3. The number of hydrogen-bond donors (Lipinski definition) is 1. The van der Waals surface area contributed by atoms with Crippen LogP contribution in [-0.2, 0) is 9.53 Å². The number of ether oxygens (including phenoxy) is 1. The standard InChI is InChI=1S/C21H36O3/c1-3-4-5-6-7-8-9-10-11-12-13-14-15-16-17-18-19-20(24-2)21(22)23/h4-5,7-8,10-11,20H,3,6,9,12-19H2,1-2H3,(H,22,23). The van der Waals surface area contributed by atoms with Crippen molar-refractivity contribution in [3.63, 3.8) is 0 Å². The van der Waals surface area contributed by atoms with Crippen LogP contribution in [0.3, 0.4) is 0 Å². The zero-order valence-corrected chi connectivity index (χ0v) is 15.6. The van der Waals surface area contributed by atoms with E-state index in [9.17, 15) is 4.79 Å². The molecule has 3 nitrogen and oxygen atoms in total. The molecule has 0 aliphatic rings. The maximum Gasteiger partial charge on any atom is 0.332 e. The Morgan fingerprint density at radius 3 is 2.00 bits per heavy atom. The second-order valence-corrected chi connectivity index (χ2v) is 6.06. The van der Waals surface area contributed by atoms with Crippen molar-refractivity contribution in [2.45, 2.75) is 83.7 Å². The lowest BCUT2D eigenvalue weighted by molar-refractivity contribution is -0.148. The summed E-state index contributed by atoms with van der Waals surface area (Å²) in [6.45, 7) is 2.15. The van der Waals surface area contributed by atoms with Crippen molar-refractivity contribution < 1.29 is 14.6 Å². The third-order valence-corrected chi connectivity index (χ3v) is 3.93. The summed E-state index contributed by atoms with van der Waals surface area (Å²) in [6, 6.07) is 0. The fourth-order valence-corrected chi connectivity index (χ4v) is 2.47. The predicted octanol–water partition coefficient (Wildman–Crippen LogP) is 6.07. The fourth-order valence-electron chi connectivity index (χ4n) is 2.47. The molecule has 138 valence electrons. The lowest BCUT2D eigenvalue weighted by atomic mass is 10.1. The minimum Gasteiger partial charge on any atom is -0.479 e. The molecule has 24 heavy (non-hydrogen) atoms. The Morgan fingerprint density at radius 1 is 0.875 bits per heavy atom. The summed E-state index contributed by atoms with van der Waals surface area (Å²) in [5.41, 5.74) is 0. The topological polar surface area (TPSA) is 46.5 Å². The molecule has 0 bridgehead atoms. The molecule has 0 fully saturated rings. The highest BCUT2D eigenvalue weighted by Crippen LogP contribution is 2.11. The minimum atomic E-state index is -0.850. The number of allylic oxidation sites excluding steroid dienone is 6.